The van der Waals surface area contributed by atoms with Crippen LogP contribution in [0.15, 0.2) is 109 Å². The van der Waals surface area contributed by atoms with Gasteiger partial charge < -0.3 is 55.6 Å². The fourth-order valence-electron chi connectivity index (χ4n) is 6.74. The number of hydrogen-bond acceptors (Lipinski definition) is 19. The van der Waals surface area contributed by atoms with Gasteiger partial charge in [0.05, 0.1) is 50.2 Å². The lowest BCUT2D eigenvalue weighted by Gasteiger charge is -2.19. The van der Waals surface area contributed by atoms with Crippen molar-refractivity contribution >= 4 is 63.6 Å². The Morgan fingerprint density at radius 2 is 1.03 bits per heavy atom. The van der Waals surface area contributed by atoms with Crippen molar-refractivity contribution in [2.75, 3.05) is 50.2 Å². The van der Waals surface area contributed by atoms with Gasteiger partial charge in [0.25, 0.3) is 0 Å². The van der Waals surface area contributed by atoms with Gasteiger partial charge in [0, 0.05) is 42.9 Å². The third-order valence-electron chi connectivity index (χ3n) is 10.2. The highest BCUT2D eigenvalue weighted by Crippen LogP contribution is 2.25. The maximum atomic E-state index is 11.7. The van der Waals surface area contributed by atoms with Crippen LogP contribution in [0.3, 0.4) is 0 Å². The number of anilines is 4. The van der Waals surface area contributed by atoms with Crippen molar-refractivity contribution in [1.29, 1.82) is 0 Å². The van der Waals surface area contributed by atoms with E-state index in [1.807, 2.05) is 93.6 Å². The van der Waals surface area contributed by atoms with Crippen molar-refractivity contribution in [1.82, 2.24) is 55.2 Å². The van der Waals surface area contributed by atoms with Gasteiger partial charge in [-0.2, -0.15) is 19.3 Å². The van der Waals surface area contributed by atoms with Gasteiger partial charge in [0.1, 0.15) is 28.6 Å². The third kappa shape index (κ3) is 17.0. The van der Waals surface area contributed by atoms with Crippen molar-refractivity contribution in [2.45, 2.75) is 64.9 Å². The zero-order valence-corrected chi connectivity index (χ0v) is 41.6. The number of carbonyl (C=O) groups is 3. The van der Waals surface area contributed by atoms with Gasteiger partial charge in [0.15, 0.2) is 22.3 Å². The summed E-state index contributed by atoms with van der Waals surface area (Å²) in [7, 11) is 0. The summed E-state index contributed by atoms with van der Waals surface area (Å²) in [5.74, 6) is 1.73. The van der Waals surface area contributed by atoms with Gasteiger partial charge in [-0.1, -0.05) is 22.6 Å². The molecule has 0 saturated carbocycles. The van der Waals surface area contributed by atoms with Crippen LogP contribution < -0.4 is 40.6 Å². The van der Waals surface area contributed by atoms with Crippen molar-refractivity contribution in [3.05, 3.63) is 109 Å². The molecule has 392 valence electrons. The Morgan fingerprint density at radius 1 is 0.587 bits per heavy atom. The molecule has 24 heteroatoms. The van der Waals surface area contributed by atoms with E-state index in [9.17, 15) is 14.4 Å². The first-order chi connectivity index (χ1) is 36.3. The van der Waals surface area contributed by atoms with Gasteiger partial charge in [-0.25, -0.2) is 14.8 Å². The summed E-state index contributed by atoms with van der Waals surface area (Å²) < 4.78 is 31.1. The number of benzene rings is 4. The average molecular weight is 1030 g/mol. The third-order valence-corrected chi connectivity index (χ3v) is 10.2. The maximum Gasteiger partial charge on any atom is 0.407 e. The zero-order valence-electron chi connectivity index (χ0n) is 41.6. The second-order valence-corrected chi connectivity index (χ2v) is 17.4. The first-order valence-corrected chi connectivity index (χ1v) is 24.0. The summed E-state index contributed by atoms with van der Waals surface area (Å²) >= 11 is 0. The monoisotopic (exact) mass is 1030 g/mol. The minimum Gasteiger partial charge on any atom is -0.494 e. The van der Waals surface area contributed by atoms with Crippen LogP contribution in [0.4, 0.5) is 28.1 Å². The van der Waals surface area contributed by atoms with E-state index >= 15 is 0 Å². The summed E-state index contributed by atoms with van der Waals surface area (Å²) in [5.41, 5.74) is 10.1. The number of alkyl carbamates (subject to hydrolysis) is 1. The number of hydrogen-bond donors (Lipinski definition) is 6. The molecular formula is C51H58N14O10. The molecule has 0 atom stereocenters. The van der Waals surface area contributed by atoms with Crippen LogP contribution in [-0.2, 0) is 14.3 Å². The zero-order chi connectivity index (χ0) is 53.0. The minimum atomic E-state index is -0.847. The van der Waals surface area contributed by atoms with E-state index < -0.39 is 23.6 Å². The van der Waals surface area contributed by atoms with Gasteiger partial charge >= 0.3 is 18.0 Å². The van der Waals surface area contributed by atoms with Crippen LogP contribution >= 0.6 is 0 Å². The maximum absolute atomic E-state index is 11.7. The van der Waals surface area contributed by atoms with E-state index in [0.29, 0.717) is 110 Å². The van der Waals surface area contributed by atoms with Crippen LogP contribution in [0.25, 0.3) is 33.7 Å². The summed E-state index contributed by atoms with van der Waals surface area (Å²) in [4.78, 5) is 50.8. The molecule has 0 radical (unpaired) electrons. The molecule has 8 aromatic rings. The van der Waals surface area contributed by atoms with Crippen LogP contribution in [0.5, 0.6) is 23.0 Å². The Labute approximate surface area is 430 Å². The number of carbonyl (C=O) groups excluding carboxylic acids is 1. The number of nitrogens with zero attached hydrogens (tertiary/aromatic N) is 10. The van der Waals surface area contributed by atoms with Gasteiger partial charge in [-0.3, -0.25) is 9.59 Å². The molecule has 7 N–H and O–H groups in total. The smallest absolute Gasteiger partial charge is 0.407 e. The van der Waals surface area contributed by atoms with E-state index in [-0.39, 0.29) is 12.8 Å². The van der Waals surface area contributed by atoms with Crippen LogP contribution in [-0.4, -0.2) is 123 Å². The summed E-state index contributed by atoms with van der Waals surface area (Å²) in [5, 5.41) is 43.2. The fourth-order valence-corrected chi connectivity index (χ4v) is 6.74. The Kier molecular flexibility index (Phi) is 18.9. The Hall–Kier alpha value is -9.19. The highest BCUT2D eigenvalue weighted by Gasteiger charge is 2.16. The van der Waals surface area contributed by atoms with E-state index in [1.165, 1.54) is 0 Å². The standard InChI is InChI=1S/C28H33N7O6.C23H25N7O4/c1-28(2,3)41-27(38)29-14-6-16-40-22-8-4-7-19(17-22)31-26-30-18-23-25(32-26)35(34-33-23)20-10-12-21(13-11-20)39-15-5-9-24(36)37;24-11-3-13-34-19-5-1-4-16(14-19)26-23-25-15-20-22(27-23)30(29-28-20)17-7-9-18(10-8-17)33-12-2-6-21(31)32/h4,7-8,10-13,17-18H,5-6,9,14-16H2,1-3H3,(H,29,38)(H,36,37)(H,30,31,32);1,4-5,7-10,14-15H,2-3,6,11-13,24H2,(H,31,32)(H,25,26,27). The summed E-state index contributed by atoms with van der Waals surface area (Å²) in [6.07, 6.45) is 5.16. The molecule has 0 aliphatic carbocycles. The number of nitrogens with one attached hydrogen (secondary N) is 3. The summed E-state index contributed by atoms with van der Waals surface area (Å²) in [6.45, 7) is 8.08. The van der Waals surface area contributed by atoms with Crippen molar-refractivity contribution in [3.63, 3.8) is 0 Å². The van der Waals surface area contributed by atoms with Crippen molar-refractivity contribution in [2.24, 2.45) is 5.73 Å². The van der Waals surface area contributed by atoms with Gasteiger partial charge in [-0.15, -0.1) is 10.2 Å². The lowest BCUT2D eigenvalue weighted by atomic mass is 10.2. The molecule has 24 nitrogen and oxygen atoms in total. The average Bonchev–Trinajstić information content (AvgIpc) is 4.01. The number of aliphatic carboxylic acids is 2. The van der Waals surface area contributed by atoms with Gasteiger partial charge in [-0.05, 0) is 126 Å². The number of aromatic nitrogens is 10. The molecule has 8 rings (SSSR count). The molecule has 0 bridgehead atoms. The molecular weight excluding hydrogens is 969 g/mol. The molecule has 0 fully saturated rings. The number of carboxylic acids is 2. The lowest BCUT2D eigenvalue weighted by Crippen LogP contribution is -2.33. The fraction of sp³-hybridized carbons (Fsp3) is 0.314. The predicted molar refractivity (Wildman–Crippen MR) is 277 cm³/mol. The molecule has 0 spiro atoms. The first-order valence-electron chi connectivity index (χ1n) is 24.0. The molecule has 0 aliphatic heterocycles. The Balaban J connectivity index is 0.000000222. The quantitative estimate of drug-likeness (QED) is 0.0303. The highest BCUT2D eigenvalue weighted by molar-refractivity contribution is 5.74. The number of amides is 1. The number of rotatable bonds is 25. The van der Waals surface area contributed by atoms with Gasteiger partial charge in [0.2, 0.25) is 11.9 Å². The number of nitrogens with two attached hydrogens (primary N) is 1. The Bertz CT molecular complexity index is 3130. The topological polar surface area (TPSA) is 313 Å². The highest BCUT2D eigenvalue weighted by atomic mass is 16.6. The molecule has 0 aliphatic rings. The van der Waals surface area contributed by atoms with Crippen LogP contribution in [0, 0.1) is 0 Å². The molecule has 1 amide bonds. The second kappa shape index (κ2) is 26.5. The SMILES string of the molecule is CC(C)(C)OC(=O)NCCCOc1cccc(Nc2ncc3nnn(-c4ccc(OCCCC(=O)O)cc4)c3n2)c1.NCCCOc1cccc(Nc2ncc3nnn(-c4ccc(OCCCC(=O)O)cc4)c3n2)c1. The normalized spacial score (nSPS) is 11.0. The number of ether oxygens (including phenoxy) is 5. The van der Waals surface area contributed by atoms with E-state index in [0.717, 1.165) is 34.9 Å². The number of carboxylic acid groups (broad SMARTS) is 2. The van der Waals surface area contributed by atoms with Crippen molar-refractivity contribution < 1.29 is 48.3 Å². The molecule has 0 saturated heterocycles. The predicted octanol–water partition coefficient (Wildman–Crippen LogP) is 7.42. The molecule has 4 heterocycles. The van der Waals surface area contributed by atoms with Crippen LogP contribution in [0.1, 0.15) is 59.3 Å². The van der Waals surface area contributed by atoms with E-state index in [2.05, 4.69) is 56.5 Å². The summed E-state index contributed by atoms with van der Waals surface area (Å²) in [6, 6.07) is 29.4. The molecule has 75 heavy (non-hydrogen) atoms. The number of fused-ring (bicyclic) bond motifs is 2. The lowest BCUT2D eigenvalue weighted by molar-refractivity contribution is -0.138. The molecule has 4 aromatic carbocycles. The molecule has 0 unspecified atom stereocenters. The largest absolute Gasteiger partial charge is 0.494 e. The minimum absolute atomic E-state index is 0.0610. The van der Waals surface area contributed by atoms with E-state index in [4.69, 9.17) is 39.6 Å². The van der Waals surface area contributed by atoms with E-state index in [1.54, 1.807) is 46.0 Å². The molecule has 4 aromatic heterocycles. The first kappa shape index (κ1) is 53.6. The second-order valence-electron chi connectivity index (χ2n) is 17.4. The van der Waals surface area contributed by atoms with Crippen LogP contribution in [0.2, 0.25) is 0 Å². The Morgan fingerprint density at radius 3 is 1.47 bits per heavy atom. The van der Waals surface area contributed by atoms with Crippen molar-refractivity contribution in [3.8, 4) is 34.4 Å².